The van der Waals surface area contributed by atoms with E-state index in [0.717, 1.165) is 36.9 Å². The van der Waals surface area contributed by atoms with Crippen LogP contribution in [0.4, 0.5) is 11.4 Å². The number of piperazine rings is 1. The number of rotatable bonds is 4. The molecule has 0 radical (unpaired) electrons. The van der Waals surface area contributed by atoms with E-state index in [4.69, 9.17) is 16.3 Å². The van der Waals surface area contributed by atoms with E-state index < -0.39 is 6.04 Å². The van der Waals surface area contributed by atoms with Crippen LogP contribution in [0.3, 0.4) is 0 Å². The van der Waals surface area contributed by atoms with Crippen molar-refractivity contribution >= 4 is 34.8 Å². The minimum Gasteiger partial charge on any atom is -0.497 e. The Labute approximate surface area is 175 Å². The molecule has 6 nitrogen and oxygen atoms in total. The molecule has 2 aliphatic rings. The molecule has 2 saturated heterocycles. The second kappa shape index (κ2) is 8.05. The fourth-order valence-electron chi connectivity index (χ4n) is 4.10. The van der Waals surface area contributed by atoms with Gasteiger partial charge in [-0.05, 0) is 48.9 Å². The van der Waals surface area contributed by atoms with E-state index >= 15 is 0 Å². The first-order valence-corrected chi connectivity index (χ1v) is 10.1. The van der Waals surface area contributed by atoms with Gasteiger partial charge in [0.1, 0.15) is 5.75 Å². The van der Waals surface area contributed by atoms with E-state index in [1.807, 2.05) is 18.2 Å². The van der Waals surface area contributed by atoms with Crippen molar-refractivity contribution < 1.29 is 14.3 Å². The van der Waals surface area contributed by atoms with E-state index in [1.54, 1.807) is 31.4 Å². The molecular formula is C22H24ClN3O3. The van der Waals surface area contributed by atoms with Gasteiger partial charge in [-0.2, -0.15) is 0 Å². The van der Waals surface area contributed by atoms with Crippen molar-refractivity contribution in [3.8, 4) is 5.75 Å². The van der Waals surface area contributed by atoms with Gasteiger partial charge < -0.3 is 9.64 Å². The quantitative estimate of drug-likeness (QED) is 0.721. The Hall–Kier alpha value is -2.57. The number of anilines is 2. The van der Waals surface area contributed by atoms with Crippen molar-refractivity contribution in [2.75, 3.05) is 43.1 Å². The molecule has 0 aromatic heterocycles. The number of amides is 2. The number of aryl methyl sites for hydroxylation is 1. The summed E-state index contributed by atoms with van der Waals surface area (Å²) in [5.41, 5.74) is 2.91. The maximum absolute atomic E-state index is 13.0. The predicted octanol–water partition coefficient (Wildman–Crippen LogP) is 3.11. The highest BCUT2D eigenvalue weighted by Gasteiger charge is 2.43. The van der Waals surface area contributed by atoms with Crippen LogP contribution in [0.1, 0.15) is 12.0 Å². The molecule has 2 fully saturated rings. The zero-order valence-corrected chi connectivity index (χ0v) is 17.4. The SMILES string of the molecule is COc1ccc(N2C(=O)C[C@H](N3CCN(c4cc(Cl)ccc4C)CC3)C2=O)cc1. The van der Waals surface area contributed by atoms with E-state index in [2.05, 4.69) is 16.7 Å². The molecule has 0 N–H and O–H groups in total. The Balaban J connectivity index is 1.44. The molecule has 2 aromatic rings. The fourth-order valence-corrected chi connectivity index (χ4v) is 4.27. The third kappa shape index (κ3) is 3.82. The van der Waals surface area contributed by atoms with Gasteiger partial charge in [0.2, 0.25) is 5.91 Å². The lowest BCUT2D eigenvalue weighted by molar-refractivity contribution is -0.123. The van der Waals surface area contributed by atoms with Gasteiger partial charge in [-0.25, -0.2) is 4.90 Å². The van der Waals surface area contributed by atoms with Gasteiger partial charge >= 0.3 is 0 Å². The van der Waals surface area contributed by atoms with Crippen LogP contribution < -0.4 is 14.5 Å². The molecule has 2 heterocycles. The molecule has 0 aliphatic carbocycles. The lowest BCUT2D eigenvalue weighted by atomic mass is 10.1. The first-order valence-electron chi connectivity index (χ1n) is 9.74. The van der Waals surface area contributed by atoms with Crippen LogP contribution in [0.2, 0.25) is 5.02 Å². The van der Waals surface area contributed by atoms with Crippen molar-refractivity contribution in [2.24, 2.45) is 0 Å². The van der Waals surface area contributed by atoms with Crippen LogP contribution in [0.5, 0.6) is 5.75 Å². The van der Waals surface area contributed by atoms with E-state index in [1.165, 1.54) is 10.5 Å². The maximum Gasteiger partial charge on any atom is 0.251 e. The van der Waals surface area contributed by atoms with Gasteiger partial charge in [-0.15, -0.1) is 0 Å². The van der Waals surface area contributed by atoms with Crippen molar-refractivity contribution in [3.63, 3.8) is 0 Å². The number of hydrogen-bond donors (Lipinski definition) is 0. The second-order valence-electron chi connectivity index (χ2n) is 7.44. The number of hydrogen-bond acceptors (Lipinski definition) is 5. The Morgan fingerprint density at radius 3 is 2.34 bits per heavy atom. The fraction of sp³-hybridized carbons (Fsp3) is 0.364. The highest BCUT2D eigenvalue weighted by Crippen LogP contribution is 2.29. The number of carbonyl (C=O) groups excluding carboxylic acids is 2. The third-order valence-corrected chi connectivity index (χ3v) is 5.96. The number of nitrogens with zero attached hydrogens (tertiary/aromatic N) is 3. The zero-order valence-electron chi connectivity index (χ0n) is 16.6. The van der Waals surface area contributed by atoms with Crippen LogP contribution in [-0.4, -0.2) is 56.0 Å². The Morgan fingerprint density at radius 2 is 1.69 bits per heavy atom. The first kappa shape index (κ1) is 19.7. The summed E-state index contributed by atoms with van der Waals surface area (Å²) < 4.78 is 5.15. The summed E-state index contributed by atoms with van der Waals surface area (Å²) in [6.07, 6.45) is 0.223. The molecule has 0 spiro atoms. The molecule has 0 unspecified atom stereocenters. The smallest absolute Gasteiger partial charge is 0.251 e. The maximum atomic E-state index is 13.0. The summed E-state index contributed by atoms with van der Waals surface area (Å²) >= 11 is 6.16. The number of ether oxygens (including phenoxy) is 1. The summed E-state index contributed by atoms with van der Waals surface area (Å²) in [5.74, 6) is 0.391. The average molecular weight is 414 g/mol. The number of benzene rings is 2. The Morgan fingerprint density at radius 1 is 1.00 bits per heavy atom. The summed E-state index contributed by atoms with van der Waals surface area (Å²) in [4.78, 5) is 31.3. The van der Waals surface area contributed by atoms with Crippen molar-refractivity contribution in [3.05, 3.63) is 53.1 Å². The average Bonchev–Trinajstić information content (AvgIpc) is 3.04. The van der Waals surface area contributed by atoms with Crippen molar-refractivity contribution in [1.82, 2.24) is 4.90 Å². The normalized spacial score (nSPS) is 20.4. The summed E-state index contributed by atoms with van der Waals surface area (Å²) in [6.45, 7) is 5.12. The molecule has 0 saturated carbocycles. The van der Waals surface area contributed by atoms with Gasteiger partial charge in [0, 0.05) is 36.9 Å². The van der Waals surface area contributed by atoms with Gasteiger partial charge in [0.05, 0.1) is 25.3 Å². The first-order chi connectivity index (χ1) is 14.0. The van der Waals surface area contributed by atoms with Crippen LogP contribution in [-0.2, 0) is 9.59 Å². The van der Waals surface area contributed by atoms with Gasteiger partial charge in [0.25, 0.3) is 5.91 Å². The number of carbonyl (C=O) groups is 2. The summed E-state index contributed by atoms with van der Waals surface area (Å²) in [5, 5.41) is 0.722. The van der Waals surface area contributed by atoms with Crippen LogP contribution in [0.15, 0.2) is 42.5 Å². The van der Waals surface area contributed by atoms with Gasteiger partial charge in [-0.1, -0.05) is 17.7 Å². The lowest BCUT2D eigenvalue weighted by Crippen LogP contribution is -2.52. The zero-order chi connectivity index (χ0) is 20.5. The van der Waals surface area contributed by atoms with Gasteiger partial charge in [0.15, 0.2) is 0 Å². The Kier molecular flexibility index (Phi) is 5.48. The van der Waals surface area contributed by atoms with Crippen LogP contribution in [0.25, 0.3) is 0 Å². The molecule has 4 rings (SSSR count). The van der Waals surface area contributed by atoms with Crippen molar-refractivity contribution in [2.45, 2.75) is 19.4 Å². The molecule has 2 aromatic carbocycles. The molecular weight excluding hydrogens is 390 g/mol. The van der Waals surface area contributed by atoms with Crippen molar-refractivity contribution in [1.29, 1.82) is 0 Å². The third-order valence-electron chi connectivity index (χ3n) is 5.72. The number of imide groups is 1. The summed E-state index contributed by atoms with van der Waals surface area (Å²) in [6, 6.07) is 12.5. The number of halogens is 1. The second-order valence-corrected chi connectivity index (χ2v) is 7.88. The molecule has 1 atom stereocenters. The molecule has 0 bridgehead atoms. The Bertz CT molecular complexity index is 923. The topological polar surface area (TPSA) is 53.1 Å². The standard InChI is InChI=1S/C22H24ClN3O3/c1-15-3-4-16(23)13-19(15)24-9-11-25(12-10-24)20-14-21(27)26(22(20)28)17-5-7-18(29-2)8-6-17/h3-8,13,20H,9-12,14H2,1-2H3/t20-/m0/s1. The highest BCUT2D eigenvalue weighted by atomic mass is 35.5. The van der Waals surface area contributed by atoms with E-state index in [0.29, 0.717) is 11.4 Å². The van der Waals surface area contributed by atoms with Crippen LogP contribution in [0, 0.1) is 6.92 Å². The summed E-state index contributed by atoms with van der Waals surface area (Å²) in [7, 11) is 1.59. The minimum absolute atomic E-state index is 0.146. The van der Waals surface area contributed by atoms with E-state index in [-0.39, 0.29) is 18.2 Å². The molecule has 2 aliphatic heterocycles. The number of methoxy groups -OCH3 is 1. The van der Waals surface area contributed by atoms with E-state index in [9.17, 15) is 9.59 Å². The molecule has 29 heavy (non-hydrogen) atoms. The van der Waals surface area contributed by atoms with Gasteiger partial charge in [-0.3, -0.25) is 14.5 Å². The lowest BCUT2D eigenvalue weighted by Gasteiger charge is -2.38. The largest absolute Gasteiger partial charge is 0.497 e. The highest BCUT2D eigenvalue weighted by molar-refractivity contribution is 6.30. The predicted molar refractivity (Wildman–Crippen MR) is 114 cm³/mol. The monoisotopic (exact) mass is 413 g/mol. The molecule has 152 valence electrons. The minimum atomic E-state index is -0.396. The molecule has 7 heteroatoms. The molecule has 2 amide bonds. The van der Waals surface area contributed by atoms with Crippen LogP contribution >= 0.6 is 11.6 Å².